The molecule has 94 valence electrons. The average molecular weight is 301 g/mol. The van der Waals surface area contributed by atoms with Gasteiger partial charge in [-0.25, -0.2) is 4.39 Å². The van der Waals surface area contributed by atoms with Crippen LogP contribution in [0.25, 0.3) is 0 Å². The van der Waals surface area contributed by atoms with E-state index < -0.39 is 0 Å². The number of benzene rings is 1. The Balaban J connectivity index is 2.14. The van der Waals surface area contributed by atoms with Gasteiger partial charge in [-0.1, -0.05) is 35.8 Å². The molecule has 1 aromatic rings. The molecule has 0 amide bonds. The molecule has 0 saturated heterocycles. The van der Waals surface area contributed by atoms with Crippen LogP contribution in [0, 0.1) is 18.2 Å². The molecule has 1 fully saturated rings. The van der Waals surface area contributed by atoms with Gasteiger partial charge in [0.15, 0.2) is 0 Å². The molecular weight excluding hydrogens is 283 g/mol. The van der Waals surface area contributed by atoms with Gasteiger partial charge in [-0.3, -0.25) is 0 Å². The Kier molecular flexibility index (Phi) is 3.48. The molecule has 1 aliphatic rings. The molecule has 0 bridgehead atoms. The summed E-state index contributed by atoms with van der Waals surface area (Å²) in [7, 11) is 0. The fourth-order valence-corrected chi connectivity index (χ4v) is 3.21. The smallest absolute Gasteiger partial charge is 0.126 e. The number of alkyl halides is 1. The molecule has 1 aliphatic carbocycles. The first-order valence-corrected chi connectivity index (χ1v) is 6.96. The highest BCUT2D eigenvalue weighted by Crippen LogP contribution is 2.50. The van der Waals surface area contributed by atoms with Crippen LogP contribution in [0.3, 0.4) is 0 Å². The lowest BCUT2D eigenvalue weighted by molar-refractivity contribution is -0.0248. The molecule has 1 saturated carbocycles. The standard InChI is InChI=1S/C14H18BrFO/c1-4-14(3)12(15)8-13(14)17-11-7-10(16)6-5-9(11)2/h5-7,12-13H,4,8H2,1-3H3. The molecule has 1 aromatic carbocycles. The molecule has 3 unspecified atom stereocenters. The van der Waals surface area contributed by atoms with Crippen LogP contribution in [0.1, 0.15) is 32.3 Å². The van der Waals surface area contributed by atoms with Crippen molar-refractivity contribution in [2.75, 3.05) is 0 Å². The van der Waals surface area contributed by atoms with E-state index in [1.165, 1.54) is 12.1 Å². The zero-order chi connectivity index (χ0) is 12.6. The van der Waals surface area contributed by atoms with Crippen LogP contribution in [-0.4, -0.2) is 10.9 Å². The van der Waals surface area contributed by atoms with Crippen LogP contribution in [0.4, 0.5) is 4.39 Å². The zero-order valence-electron chi connectivity index (χ0n) is 10.5. The van der Waals surface area contributed by atoms with Crippen molar-refractivity contribution in [2.24, 2.45) is 5.41 Å². The third kappa shape index (κ3) is 2.22. The van der Waals surface area contributed by atoms with Gasteiger partial charge in [0.2, 0.25) is 0 Å². The van der Waals surface area contributed by atoms with Crippen LogP contribution in [0.2, 0.25) is 0 Å². The Morgan fingerprint density at radius 2 is 2.24 bits per heavy atom. The zero-order valence-corrected chi connectivity index (χ0v) is 12.1. The highest BCUT2D eigenvalue weighted by molar-refractivity contribution is 9.09. The summed E-state index contributed by atoms with van der Waals surface area (Å²) in [5.41, 5.74) is 1.14. The normalized spacial score (nSPS) is 32.1. The maximum Gasteiger partial charge on any atom is 0.126 e. The summed E-state index contributed by atoms with van der Waals surface area (Å²) < 4.78 is 19.2. The van der Waals surface area contributed by atoms with Gasteiger partial charge < -0.3 is 4.74 Å². The molecule has 0 aliphatic heterocycles. The van der Waals surface area contributed by atoms with Gasteiger partial charge in [0.05, 0.1) is 0 Å². The Bertz CT molecular complexity index is 421. The Hall–Kier alpha value is -0.570. The lowest BCUT2D eigenvalue weighted by atomic mass is 9.65. The Morgan fingerprint density at radius 3 is 2.82 bits per heavy atom. The van der Waals surface area contributed by atoms with Crippen molar-refractivity contribution in [2.45, 2.75) is 44.5 Å². The van der Waals surface area contributed by atoms with Gasteiger partial charge in [0.1, 0.15) is 17.7 Å². The highest BCUT2D eigenvalue weighted by Gasteiger charge is 2.50. The number of halogens is 2. The van der Waals surface area contributed by atoms with Crippen molar-refractivity contribution in [1.29, 1.82) is 0 Å². The number of hydrogen-bond acceptors (Lipinski definition) is 1. The summed E-state index contributed by atoms with van der Waals surface area (Å²) in [6, 6.07) is 4.71. The van der Waals surface area contributed by atoms with Crippen LogP contribution in [0.5, 0.6) is 5.75 Å². The maximum atomic E-state index is 13.2. The fourth-order valence-electron chi connectivity index (χ4n) is 2.25. The van der Waals surface area contributed by atoms with E-state index in [1.54, 1.807) is 6.07 Å². The SMILES string of the molecule is CCC1(C)C(Br)CC1Oc1cc(F)ccc1C. The summed E-state index contributed by atoms with van der Waals surface area (Å²) in [6.45, 7) is 6.33. The number of hydrogen-bond donors (Lipinski definition) is 0. The summed E-state index contributed by atoms with van der Waals surface area (Å²) in [4.78, 5) is 0.499. The quantitative estimate of drug-likeness (QED) is 0.749. The predicted molar refractivity (Wildman–Crippen MR) is 71.3 cm³/mol. The van der Waals surface area contributed by atoms with Gasteiger partial charge in [0, 0.05) is 16.3 Å². The molecule has 2 rings (SSSR count). The summed E-state index contributed by atoms with van der Waals surface area (Å²) in [5, 5.41) is 0. The third-order valence-corrected chi connectivity index (χ3v) is 5.47. The second-order valence-electron chi connectivity index (χ2n) is 5.08. The lowest BCUT2D eigenvalue weighted by Crippen LogP contribution is -2.54. The van der Waals surface area contributed by atoms with Gasteiger partial charge in [-0.15, -0.1) is 0 Å². The van der Waals surface area contributed by atoms with Gasteiger partial charge in [-0.05, 0) is 31.4 Å². The van der Waals surface area contributed by atoms with Gasteiger partial charge >= 0.3 is 0 Å². The highest BCUT2D eigenvalue weighted by atomic mass is 79.9. The molecular formula is C14H18BrFO. The van der Waals surface area contributed by atoms with Crippen molar-refractivity contribution < 1.29 is 9.13 Å². The van der Waals surface area contributed by atoms with Crippen LogP contribution in [-0.2, 0) is 0 Å². The fraction of sp³-hybridized carbons (Fsp3) is 0.571. The first-order chi connectivity index (χ1) is 7.97. The lowest BCUT2D eigenvalue weighted by Gasteiger charge is -2.50. The molecule has 17 heavy (non-hydrogen) atoms. The summed E-state index contributed by atoms with van der Waals surface area (Å²) >= 11 is 3.68. The molecule has 0 N–H and O–H groups in total. The second-order valence-corrected chi connectivity index (χ2v) is 6.18. The molecule has 3 heteroatoms. The molecule has 0 radical (unpaired) electrons. The topological polar surface area (TPSA) is 9.23 Å². The summed E-state index contributed by atoms with van der Waals surface area (Å²) in [6.07, 6.45) is 2.22. The van der Waals surface area contributed by atoms with E-state index in [1.807, 2.05) is 6.92 Å². The van der Waals surface area contributed by atoms with E-state index >= 15 is 0 Å². The number of ether oxygens (including phenoxy) is 1. The molecule has 1 nitrogen and oxygen atoms in total. The van der Waals surface area contributed by atoms with Gasteiger partial charge in [-0.2, -0.15) is 0 Å². The van der Waals surface area contributed by atoms with Crippen LogP contribution in [0.15, 0.2) is 18.2 Å². The van der Waals surface area contributed by atoms with E-state index in [0.717, 1.165) is 18.4 Å². The molecule has 0 aromatic heterocycles. The van der Waals surface area contributed by atoms with Crippen molar-refractivity contribution >= 4 is 15.9 Å². The van der Waals surface area contributed by atoms with E-state index in [-0.39, 0.29) is 17.3 Å². The third-order valence-electron chi connectivity index (χ3n) is 4.05. The summed E-state index contributed by atoms with van der Waals surface area (Å²) in [5.74, 6) is 0.438. The van der Waals surface area contributed by atoms with Crippen molar-refractivity contribution in [3.8, 4) is 5.75 Å². The van der Waals surface area contributed by atoms with Crippen LogP contribution < -0.4 is 4.74 Å². The minimum Gasteiger partial charge on any atom is -0.489 e. The average Bonchev–Trinajstić information content (AvgIpc) is 2.32. The largest absolute Gasteiger partial charge is 0.489 e. The van der Waals surface area contributed by atoms with Crippen molar-refractivity contribution in [3.63, 3.8) is 0 Å². The second kappa shape index (κ2) is 4.60. The Morgan fingerprint density at radius 1 is 1.53 bits per heavy atom. The van der Waals surface area contributed by atoms with Crippen molar-refractivity contribution in [3.05, 3.63) is 29.6 Å². The minimum absolute atomic E-state index is 0.152. The van der Waals surface area contributed by atoms with Crippen LogP contribution >= 0.6 is 15.9 Å². The Labute approximate surface area is 110 Å². The number of rotatable bonds is 3. The van der Waals surface area contributed by atoms with Crippen molar-refractivity contribution in [1.82, 2.24) is 0 Å². The van der Waals surface area contributed by atoms with E-state index in [9.17, 15) is 4.39 Å². The van der Waals surface area contributed by atoms with E-state index in [2.05, 4.69) is 29.8 Å². The van der Waals surface area contributed by atoms with E-state index in [0.29, 0.717) is 10.6 Å². The molecule has 0 heterocycles. The molecule has 3 atom stereocenters. The monoisotopic (exact) mass is 300 g/mol. The first kappa shape index (κ1) is 12.9. The van der Waals surface area contributed by atoms with E-state index in [4.69, 9.17) is 4.74 Å². The minimum atomic E-state index is -0.237. The predicted octanol–water partition coefficient (Wildman–Crippen LogP) is 4.47. The first-order valence-electron chi connectivity index (χ1n) is 6.04. The van der Waals surface area contributed by atoms with Gasteiger partial charge in [0.25, 0.3) is 0 Å². The molecule has 0 spiro atoms. The maximum absolute atomic E-state index is 13.2. The number of aryl methyl sites for hydroxylation is 1.